The Balaban J connectivity index is 1.22. The molecule has 1 aliphatic carbocycles. The third-order valence-corrected chi connectivity index (χ3v) is 6.26. The summed E-state index contributed by atoms with van der Waals surface area (Å²) in [4.78, 5) is 37.5. The van der Waals surface area contributed by atoms with Crippen molar-refractivity contribution in [3.8, 4) is 16.9 Å². The molecule has 0 bridgehead atoms. The first-order valence-corrected chi connectivity index (χ1v) is 10.7. The van der Waals surface area contributed by atoms with Crippen LogP contribution in [0.2, 0.25) is 0 Å². The number of hydrogen-bond acceptors (Lipinski definition) is 7. The maximum atomic E-state index is 12.8. The second-order valence-corrected chi connectivity index (χ2v) is 8.15. The zero-order valence-corrected chi connectivity index (χ0v) is 17.7. The molecule has 1 aromatic carbocycles. The number of fused-ring (bicyclic) bond motifs is 2. The van der Waals surface area contributed by atoms with Crippen LogP contribution in [-0.4, -0.2) is 33.7 Å². The minimum Gasteiger partial charge on any atom is -0.463 e. The van der Waals surface area contributed by atoms with E-state index in [0.717, 1.165) is 11.1 Å². The quantitative estimate of drug-likeness (QED) is 0.588. The van der Waals surface area contributed by atoms with Crippen molar-refractivity contribution in [2.75, 3.05) is 12.2 Å². The number of benzene rings is 1. The average Bonchev–Trinajstić information content (AvgIpc) is 3.12. The Kier molecular flexibility index (Phi) is 5.45. The molecule has 5 rings (SSSR count). The zero-order valence-electron chi connectivity index (χ0n) is 17.7. The van der Waals surface area contributed by atoms with Crippen LogP contribution in [0.15, 0.2) is 55.1 Å². The van der Waals surface area contributed by atoms with Crippen LogP contribution in [0.1, 0.15) is 41.6 Å². The summed E-state index contributed by atoms with van der Waals surface area (Å²) in [5.41, 5.74) is 2.20. The number of esters is 1. The van der Waals surface area contributed by atoms with E-state index in [2.05, 4.69) is 20.3 Å². The fourth-order valence-electron chi connectivity index (χ4n) is 4.54. The first-order valence-electron chi connectivity index (χ1n) is 10.7. The maximum Gasteiger partial charge on any atom is 0.341 e. The Morgan fingerprint density at radius 1 is 1.15 bits per heavy atom. The summed E-state index contributed by atoms with van der Waals surface area (Å²) in [5, 5.41) is 2.78. The highest BCUT2D eigenvalue weighted by Crippen LogP contribution is 2.47. The van der Waals surface area contributed by atoms with Gasteiger partial charge in [-0.2, -0.15) is 0 Å². The van der Waals surface area contributed by atoms with E-state index in [1.807, 2.05) is 12.1 Å². The van der Waals surface area contributed by atoms with E-state index in [-0.39, 0.29) is 23.7 Å². The summed E-state index contributed by atoms with van der Waals surface area (Å²) in [6, 6.07) is 8.77. The lowest BCUT2D eigenvalue weighted by molar-refractivity contribution is -0.122. The number of nitrogens with one attached hydrogen (secondary N) is 1. The molecule has 2 aliphatic rings. The Morgan fingerprint density at radius 3 is 2.70 bits per heavy atom. The van der Waals surface area contributed by atoms with Crippen LogP contribution >= 0.6 is 0 Å². The highest BCUT2D eigenvalue weighted by atomic mass is 19.1. The third-order valence-electron chi connectivity index (χ3n) is 6.26. The van der Waals surface area contributed by atoms with Gasteiger partial charge in [0.25, 0.3) is 0 Å². The van der Waals surface area contributed by atoms with Gasteiger partial charge in [0.2, 0.25) is 18.7 Å². The lowest BCUT2D eigenvalue weighted by Gasteiger charge is -2.35. The number of halogens is 1. The number of anilines is 1. The monoisotopic (exact) mass is 448 g/mol. The number of alkyl halides is 1. The van der Waals surface area contributed by atoms with Crippen molar-refractivity contribution in [2.24, 2.45) is 5.92 Å². The molecule has 1 aliphatic heterocycles. The van der Waals surface area contributed by atoms with E-state index >= 15 is 0 Å². The Hall–Kier alpha value is -3.88. The molecule has 0 unspecified atom stereocenters. The SMILES string of the molecule is O=C1O[C@]2(CC[C@H](C(=O)Nc3ncc(-c4cccc(OCF)c4)cn3)CC2)c2ccncc21. The van der Waals surface area contributed by atoms with Crippen LogP contribution in [0.3, 0.4) is 0 Å². The molecule has 0 radical (unpaired) electrons. The lowest BCUT2D eigenvalue weighted by atomic mass is 9.75. The number of carbonyl (C=O) groups is 2. The zero-order chi connectivity index (χ0) is 22.8. The minimum atomic E-state index is -0.903. The predicted molar refractivity (Wildman–Crippen MR) is 116 cm³/mol. The molecule has 1 spiro atoms. The average molecular weight is 448 g/mol. The smallest absolute Gasteiger partial charge is 0.341 e. The number of rotatable bonds is 5. The molecule has 2 aromatic heterocycles. The van der Waals surface area contributed by atoms with Gasteiger partial charge < -0.3 is 9.47 Å². The number of ether oxygens (including phenoxy) is 2. The summed E-state index contributed by atoms with van der Waals surface area (Å²) in [5.74, 6) is -0.109. The molecule has 1 amide bonds. The van der Waals surface area contributed by atoms with Crippen molar-refractivity contribution in [3.05, 3.63) is 66.2 Å². The van der Waals surface area contributed by atoms with Crippen LogP contribution in [0.5, 0.6) is 5.75 Å². The predicted octanol–water partition coefficient (Wildman–Crippen LogP) is 4.04. The van der Waals surface area contributed by atoms with Gasteiger partial charge in [-0.15, -0.1) is 0 Å². The van der Waals surface area contributed by atoms with Crippen molar-refractivity contribution in [1.82, 2.24) is 15.0 Å². The molecule has 1 saturated carbocycles. The highest BCUT2D eigenvalue weighted by Gasteiger charge is 2.48. The Morgan fingerprint density at radius 2 is 1.94 bits per heavy atom. The normalized spacial score (nSPS) is 21.4. The molecule has 33 heavy (non-hydrogen) atoms. The standard InChI is InChI=1S/C24H21FN4O4/c25-14-32-18-3-1-2-16(10-18)17-11-27-23(28-12-17)29-21(30)15-4-7-24(8-5-15)20-6-9-26-13-19(20)22(31)33-24/h1-3,6,9-13,15H,4-5,7-8,14H2,(H,27,28,29,30)/t15-,24-. The summed E-state index contributed by atoms with van der Waals surface area (Å²) in [6.07, 6.45) is 8.70. The minimum absolute atomic E-state index is 0.157. The van der Waals surface area contributed by atoms with Crippen LogP contribution < -0.4 is 10.1 Å². The van der Waals surface area contributed by atoms with Gasteiger partial charge in [-0.3, -0.25) is 15.1 Å². The molecule has 3 aromatic rings. The largest absolute Gasteiger partial charge is 0.463 e. The Labute approximate surface area is 189 Å². The van der Waals surface area contributed by atoms with Gasteiger partial charge in [-0.25, -0.2) is 19.2 Å². The van der Waals surface area contributed by atoms with Crippen molar-refractivity contribution in [2.45, 2.75) is 31.3 Å². The van der Waals surface area contributed by atoms with E-state index in [0.29, 0.717) is 42.6 Å². The summed E-state index contributed by atoms with van der Waals surface area (Å²) in [7, 11) is 0. The van der Waals surface area contributed by atoms with Gasteiger partial charge >= 0.3 is 5.97 Å². The van der Waals surface area contributed by atoms with E-state index in [1.54, 1.807) is 36.8 Å². The van der Waals surface area contributed by atoms with E-state index in [4.69, 9.17) is 9.47 Å². The fourth-order valence-corrected chi connectivity index (χ4v) is 4.54. The number of carbonyl (C=O) groups excluding carboxylic acids is 2. The Bertz CT molecular complexity index is 1190. The van der Waals surface area contributed by atoms with E-state index in [1.165, 1.54) is 6.20 Å². The number of hydrogen-bond donors (Lipinski definition) is 1. The number of pyridine rings is 1. The van der Waals surface area contributed by atoms with Crippen LogP contribution in [0.25, 0.3) is 11.1 Å². The molecule has 8 nitrogen and oxygen atoms in total. The topological polar surface area (TPSA) is 103 Å². The molecular weight excluding hydrogens is 427 g/mol. The van der Waals surface area contributed by atoms with Gasteiger partial charge in [-0.05, 0) is 49.4 Å². The van der Waals surface area contributed by atoms with Crippen LogP contribution in [0.4, 0.5) is 10.3 Å². The van der Waals surface area contributed by atoms with Crippen molar-refractivity contribution in [3.63, 3.8) is 0 Å². The first kappa shape index (κ1) is 21.0. The number of nitrogens with zero attached hydrogens (tertiary/aromatic N) is 3. The second kappa shape index (κ2) is 8.57. The molecule has 9 heteroatoms. The molecule has 0 atom stereocenters. The summed E-state index contributed by atoms with van der Waals surface area (Å²) in [6.45, 7) is -0.903. The maximum absolute atomic E-state index is 12.8. The van der Waals surface area contributed by atoms with Gasteiger partial charge in [0, 0.05) is 41.8 Å². The van der Waals surface area contributed by atoms with Crippen LogP contribution in [-0.2, 0) is 15.1 Å². The molecule has 3 heterocycles. The lowest BCUT2D eigenvalue weighted by Crippen LogP contribution is -2.36. The first-order chi connectivity index (χ1) is 16.1. The van der Waals surface area contributed by atoms with Gasteiger partial charge in [0.15, 0.2) is 0 Å². The summed E-state index contributed by atoms with van der Waals surface area (Å²) >= 11 is 0. The fraction of sp³-hybridized carbons (Fsp3) is 0.292. The van der Waals surface area contributed by atoms with E-state index < -0.39 is 12.5 Å². The highest BCUT2D eigenvalue weighted by molar-refractivity contribution is 5.94. The number of amides is 1. The second-order valence-electron chi connectivity index (χ2n) is 8.15. The van der Waals surface area contributed by atoms with Gasteiger partial charge in [-0.1, -0.05) is 12.1 Å². The van der Waals surface area contributed by atoms with Crippen molar-refractivity contribution >= 4 is 17.8 Å². The number of aromatic nitrogens is 3. The third kappa shape index (κ3) is 4.02. The molecule has 0 saturated heterocycles. The molecular formula is C24H21FN4O4. The van der Waals surface area contributed by atoms with Crippen molar-refractivity contribution < 1.29 is 23.5 Å². The molecule has 1 fully saturated rings. The van der Waals surface area contributed by atoms with Crippen LogP contribution in [0, 0.1) is 5.92 Å². The molecule has 168 valence electrons. The summed E-state index contributed by atoms with van der Waals surface area (Å²) < 4.78 is 23.0. The van der Waals surface area contributed by atoms with Gasteiger partial charge in [0.1, 0.15) is 11.4 Å². The van der Waals surface area contributed by atoms with Crippen molar-refractivity contribution in [1.29, 1.82) is 0 Å². The van der Waals surface area contributed by atoms with Gasteiger partial charge in [0.05, 0.1) is 5.56 Å². The van der Waals surface area contributed by atoms with E-state index in [9.17, 15) is 14.0 Å². The molecule has 1 N–H and O–H groups in total.